The molecule has 2 fully saturated rings. The van der Waals surface area contributed by atoms with Crippen molar-refractivity contribution in [3.05, 3.63) is 28.2 Å². The van der Waals surface area contributed by atoms with Gasteiger partial charge in [0.1, 0.15) is 6.07 Å². The molecular weight excluding hydrogens is 276 g/mol. The Kier molecular flexibility index (Phi) is 2.63. The topological polar surface area (TPSA) is 27.0 Å². The molecule has 1 aromatic carbocycles. The van der Waals surface area contributed by atoms with Gasteiger partial charge in [-0.05, 0) is 49.3 Å². The van der Waals surface area contributed by atoms with Crippen LogP contribution in [0.25, 0.3) is 0 Å². The first-order valence-corrected chi connectivity index (χ1v) is 6.96. The molecule has 0 unspecified atom stereocenters. The van der Waals surface area contributed by atoms with Gasteiger partial charge in [-0.3, -0.25) is 0 Å². The van der Waals surface area contributed by atoms with Gasteiger partial charge in [0.15, 0.2) is 0 Å². The van der Waals surface area contributed by atoms with Gasteiger partial charge in [-0.25, -0.2) is 0 Å². The maximum Gasteiger partial charge on any atom is 0.101 e. The number of nitriles is 1. The van der Waals surface area contributed by atoms with Gasteiger partial charge in [0.2, 0.25) is 0 Å². The molecule has 0 atom stereocenters. The lowest BCUT2D eigenvalue weighted by molar-refractivity contribution is 0.384. The van der Waals surface area contributed by atoms with Crippen molar-refractivity contribution in [1.82, 2.24) is 0 Å². The van der Waals surface area contributed by atoms with Crippen LogP contribution in [0.2, 0.25) is 0 Å². The number of benzene rings is 1. The predicted octanol–water partition coefficient (Wildman–Crippen LogP) is 3.70. The Balaban J connectivity index is 1.84. The summed E-state index contributed by atoms with van der Waals surface area (Å²) < 4.78 is 1.05. The Labute approximate surface area is 110 Å². The number of hydrogen-bond donors (Lipinski definition) is 0. The SMILES string of the molecule is N#Cc1ccc(Br)cc1N1CCC2(CC1)CC2. The number of anilines is 1. The predicted molar refractivity (Wildman–Crippen MR) is 72.0 cm³/mol. The number of rotatable bonds is 1. The average molecular weight is 291 g/mol. The summed E-state index contributed by atoms with van der Waals surface area (Å²) in [5, 5.41) is 9.16. The number of nitrogens with zero attached hydrogens (tertiary/aromatic N) is 2. The Bertz CT molecular complexity index is 475. The van der Waals surface area contributed by atoms with Crippen molar-refractivity contribution in [2.45, 2.75) is 25.7 Å². The van der Waals surface area contributed by atoms with Crippen molar-refractivity contribution in [2.75, 3.05) is 18.0 Å². The van der Waals surface area contributed by atoms with Gasteiger partial charge in [-0.15, -0.1) is 0 Å². The monoisotopic (exact) mass is 290 g/mol. The molecule has 2 aliphatic rings. The fourth-order valence-corrected chi connectivity index (χ4v) is 3.11. The lowest BCUT2D eigenvalue weighted by Crippen LogP contribution is -2.34. The normalized spacial score (nSPS) is 21.3. The van der Waals surface area contributed by atoms with Crippen molar-refractivity contribution >= 4 is 21.6 Å². The van der Waals surface area contributed by atoms with Crippen LogP contribution in [0.1, 0.15) is 31.2 Å². The van der Waals surface area contributed by atoms with Gasteiger partial charge < -0.3 is 4.90 Å². The molecule has 0 amide bonds. The van der Waals surface area contributed by atoms with Crippen LogP contribution in [0.4, 0.5) is 5.69 Å². The molecule has 0 bridgehead atoms. The average Bonchev–Trinajstić information content (AvgIpc) is 3.10. The van der Waals surface area contributed by atoms with E-state index >= 15 is 0 Å². The minimum Gasteiger partial charge on any atom is -0.370 e. The van der Waals surface area contributed by atoms with Gasteiger partial charge in [0.25, 0.3) is 0 Å². The second-order valence-electron chi connectivity index (χ2n) is 5.26. The van der Waals surface area contributed by atoms with Crippen LogP contribution < -0.4 is 4.90 Å². The molecule has 1 saturated carbocycles. The molecule has 1 heterocycles. The first-order valence-electron chi connectivity index (χ1n) is 6.17. The van der Waals surface area contributed by atoms with E-state index in [0.29, 0.717) is 5.41 Å². The highest BCUT2D eigenvalue weighted by atomic mass is 79.9. The fourth-order valence-electron chi connectivity index (χ4n) is 2.76. The summed E-state index contributed by atoms with van der Waals surface area (Å²) >= 11 is 3.49. The second-order valence-corrected chi connectivity index (χ2v) is 6.18. The Morgan fingerprint density at radius 2 is 1.88 bits per heavy atom. The fraction of sp³-hybridized carbons (Fsp3) is 0.500. The summed E-state index contributed by atoms with van der Waals surface area (Å²) in [5.41, 5.74) is 2.58. The van der Waals surface area contributed by atoms with E-state index in [0.717, 1.165) is 28.8 Å². The Morgan fingerprint density at radius 1 is 1.18 bits per heavy atom. The molecule has 17 heavy (non-hydrogen) atoms. The molecule has 0 N–H and O–H groups in total. The third kappa shape index (κ3) is 2.07. The van der Waals surface area contributed by atoms with Crippen molar-refractivity contribution in [3.63, 3.8) is 0 Å². The number of halogens is 1. The smallest absolute Gasteiger partial charge is 0.101 e. The first kappa shape index (κ1) is 11.1. The van der Waals surface area contributed by atoms with E-state index in [9.17, 15) is 0 Å². The van der Waals surface area contributed by atoms with Gasteiger partial charge in [0, 0.05) is 17.6 Å². The van der Waals surface area contributed by atoms with E-state index in [4.69, 9.17) is 5.26 Å². The molecule has 1 aliphatic carbocycles. The van der Waals surface area contributed by atoms with E-state index in [1.54, 1.807) is 0 Å². The summed E-state index contributed by atoms with van der Waals surface area (Å²) in [6, 6.07) is 8.21. The second kappa shape index (κ2) is 4.03. The largest absolute Gasteiger partial charge is 0.370 e. The van der Waals surface area contributed by atoms with Crippen LogP contribution in [-0.2, 0) is 0 Å². The van der Waals surface area contributed by atoms with Crippen LogP contribution in [-0.4, -0.2) is 13.1 Å². The number of piperidine rings is 1. The maximum absolute atomic E-state index is 9.16. The minimum atomic E-state index is 0.690. The summed E-state index contributed by atoms with van der Waals surface area (Å²) in [6.07, 6.45) is 5.43. The summed E-state index contributed by atoms with van der Waals surface area (Å²) in [4.78, 5) is 2.37. The van der Waals surface area contributed by atoms with E-state index in [1.165, 1.54) is 25.7 Å². The van der Waals surface area contributed by atoms with Crippen LogP contribution in [0, 0.1) is 16.7 Å². The van der Waals surface area contributed by atoms with E-state index in [-0.39, 0.29) is 0 Å². The molecule has 1 aliphatic heterocycles. The third-order valence-corrected chi connectivity index (χ3v) is 4.70. The molecular formula is C14H15BrN2. The molecule has 1 aromatic rings. The van der Waals surface area contributed by atoms with Crippen molar-refractivity contribution in [2.24, 2.45) is 5.41 Å². The van der Waals surface area contributed by atoms with Gasteiger partial charge in [-0.2, -0.15) is 5.26 Å². The molecule has 1 saturated heterocycles. The van der Waals surface area contributed by atoms with E-state index in [1.807, 2.05) is 12.1 Å². The van der Waals surface area contributed by atoms with Gasteiger partial charge in [0.05, 0.1) is 11.3 Å². The van der Waals surface area contributed by atoms with E-state index in [2.05, 4.69) is 33.0 Å². The highest BCUT2D eigenvalue weighted by Gasteiger charge is 2.44. The highest BCUT2D eigenvalue weighted by Crippen LogP contribution is 2.54. The summed E-state index contributed by atoms with van der Waals surface area (Å²) in [7, 11) is 0. The molecule has 88 valence electrons. The molecule has 0 aromatic heterocycles. The van der Waals surface area contributed by atoms with Crippen molar-refractivity contribution in [3.8, 4) is 6.07 Å². The third-order valence-electron chi connectivity index (χ3n) is 4.20. The van der Waals surface area contributed by atoms with Crippen molar-refractivity contribution < 1.29 is 0 Å². The highest BCUT2D eigenvalue weighted by molar-refractivity contribution is 9.10. The molecule has 1 spiro atoms. The van der Waals surface area contributed by atoms with Crippen LogP contribution in [0.15, 0.2) is 22.7 Å². The molecule has 3 heteroatoms. The summed E-state index contributed by atoms with van der Waals surface area (Å²) in [6.45, 7) is 2.20. The van der Waals surface area contributed by atoms with Gasteiger partial charge in [-0.1, -0.05) is 15.9 Å². The lowest BCUT2D eigenvalue weighted by atomic mass is 9.93. The molecule has 0 radical (unpaired) electrons. The van der Waals surface area contributed by atoms with E-state index < -0.39 is 0 Å². The zero-order chi connectivity index (χ0) is 11.9. The maximum atomic E-state index is 9.16. The number of hydrogen-bond acceptors (Lipinski definition) is 2. The minimum absolute atomic E-state index is 0.690. The van der Waals surface area contributed by atoms with Gasteiger partial charge >= 0.3 is 0 Å². The van der Waals surface area contributed by atoms with Crippen molar-refractivity contribution in [1.29, 1.82) is 5.26 Å². The standard InChI is InChI=1S/C14H15BrN2/c15-12-2-1-11(10-16)13(9-12)17-7-5-14(3-4-14)6-8-17/h1-2,9H,3-8H2. The lowest BCUT2D eigenvalue weighted by Gasteiger charge is -2.34. The van der Waals surface area contributed by atoms with Crippen LogP contribution in [0.3, 0.4) is 0 Å². The first-order chi connectivity index (χ1) is 8.22. The molecule has 3 rings (SSSR count). The zero-order valence-electron chi connectivity index (χ0n) is 9.75. The van der Waals surface area contributed by atoms with Crippen LogP contribution in [0.5, 0.6) is 0 Å². The zero-order valence-corrected chi connectivity index (χ0v) is 11.3. The Morgan fingerprint density at radius 3 is 2.47 bits per heavy atom. The summed E-state index contributed by atoms with van der Waals surface area (Å²) in [5.74, 6) is 0. The molecule has 2 nitrogen and oxygen atoms in total. The van der Waals surface area contributed by atoms with Crippen LogP contribution >= 0.6 is 15.9 Å². The quantitative estimate of drug-likeness (QED) is 0.789. The Hall–Kier alpha value is -1.01.